The summed E-state index contributed by atoms with van der Waals surface area (Å²) in [4.78, 5) is 0. The minimum atomic E-state index is -0.316. The van der Waals surface area contributed by atoms with Crippen molar-refractivity contribution in [2.45, 2.75) is 6.61 Å². The van der Waals surface area contributed by atoms with E-state index in [9.17, 15) is 9.50 Å². The van der Waals surface area contributed by atoms with Crippen LogP contribution in [-0.4, -0.2) is 5.11 Å². The highest BCUT2D eigenvalue weighted by molar-refractivity contribution is 6.35. The molecule has 3 rings (SSSR count). The Morgan fingerprint density at radius 3 is 2.08 bits per heavy atom. The first-order chi connectivity index (χ1) is 12.0. The van der Waals surface area contributed by atoms with Gasteiger partial charge in [-0.1, -0.05) is 35.3 Å². The van der Waals surface area contributed by atoms with Gasteiger partial charge in [-0.15, -0.1) is 0 Å². The fourth-order valence-electron chi connectivity index (χ4n) is 2.14. The fraction of sp³-hybridized carbons (Fsp3) is 0.0526. The molecule has 6 heteroatoms. The van der Waals surface area contributed by atoms with Crippen molar-refractivity contribution in [2.24, 2.45) is 0 Å². The van der Waals surface area contributed by atoms with Gasteiger partial charge in [0, 0.05) is 11.1 Å². The predicted octanol–water partition coefficient (Wildman–Crippen LogP) is 6.21. The number of benzene rings is 3. The quantitative estimate of drug-likeness (QED) is 0.573. The summed E-state index contributed by atoms with van der Waals surface area (Å²) in [6.45, 7) is 0.214. The molecule has 0 aromatic heterocycles. The molecule has 0 fully saturated rings. The Kier molecular flexibility index (Phi) is 5.31. The second-order valence-electron chi connectivity index (χ2n) is 5.22. The van der Waals surface area contributed by atoms with Gasteiger partial charge in [-0.3, -0.25) is 0 Å². The molecule has 3 nitrogen and oxygen atoms in total. The molecular formula is C19H13Cl2FO3. The zero-order valence-corrected chi connectivity index (χ0v) is 14.4. The summed E-state index contributed by atoms with van der Waals surface area (Å²) in [6, 6.07) is 15.8. The molecule has 0 heterocycles. The first-order valence-electron chi connectivity index (χ1n) is 7.34. The first-order valence-corrected chi connectivity index (χ1v) is 8.10. The molecule has 25 heavy (non-hydrogen) atoms. The van der Waals surface area contributed by atoms with E-state index in [2.05, 4.69) is 0 Å². The van der Waals surface area contributed by atoms with Crippen LogP contribution in [0, 0.1) is 5.82 Å². The molecule has 0 saturated carbocycles. The largest absolute Gasteiger partial charge is 0.504 e. The summed E-state index contributed by atoms with van der Waals surface area (Å²) < 4.78 is 24.1. The van der Waals surface area contributed by atoms with E-state index in [0.717, 1.165) is 5.56 Å². The SMILES string of the molecule is Oc1cc(Cl)cc(Cl)c1OCc1ccc(Oc2ccc(F)cc2)cc1. The Morgan fingerprint density at radius 1 is 0.880 bits per heavy atom. The molecule has 0 spiro atoms. The molecule has 0 aliphatic rings. The van der Waals surface area contributed by atoms with Crippen LogP contribution in [0.25, 0.3) is 0 Å². The zero-order valence-electron chi connectivity index (χ0n) is 12.9. The molecule has 1 N–H and O–H groups in total. The van der Waals surface area contributed by atoms with Gasteiger partial charge in [0.05, 0.1) is 5.02 Å². The Labute approximate surface area is 154 Å². The molecule has 0 unspecified atom stereocenters. The van der Waals surface area contributed by atoms with Crippen molar-refractivity contribution in [2.75, 3.05) is 0 Å². The summed E-state index contributed by atoms with van der Waals surface area (Å²) >= 11 is 11.8. The van der Waals surface area contributed by atoms with Crippen LogP contribution in [0.15, 0.2) is 60.7 Å². The Bertz CT molecular complexity index is 842. The van der Waals surface area contributed by atoms with Crippen LogP contribution < -0.4 is 9.47 Å². The lowest BCUT2D eigenvalue weighted by atomic mass is 10.2. The summed E-state index contributed by atoms with van der Waals surface area (Å²) in [7, 11) is 0. The summed E-state index contributed by atoms with van der Waals surface area (Å²) in [5.74, 6) is 0.904. The standard InChI is InChI=1S/C19H13Cl2FO3/c20-13-9-17(21)19(18(23)10-13)24-11-12-1-5-15(6-2-12)25-16-7-3-14(22)4-8-16/h1-10,23H,11H2. The predicted molar refractivity (Wildman–Crippen MR) is 95.4 cm³/mol. The number of hydrogen-bond acceptors (Lipinski definition) is 3. The highest BCUT2D eigenvalue weighted by Gasteiger charge is 2.10. The average molecular weight is 379 g/mol. The molecule has 0 aliphatic carbocycles. The lowest BCUT2D eigenvalue weighted by Crippen LogP contribution is -1.96. The summed E-state index contributed by atoms with van der Waals surface area (Å²) in [6.07, 6.45) is 0. The molecule has 0 amide bonds. The van der Waals surface area contributed by atoms with Crippen LogP contribution in [0.1, 0.15) is 5.56 Å². The normalized spacial score (nSPS) is 10.5. The van der Waals surface area contributed by atoms with Gasteiger partial charge in [-0.25, -0.2) is 4.39 Å². The van der Waals surface area contributed by atoms with Crippen molar-refractivity contribution in [3.05, 3.63) is 82.1 Å². The fourth-order valence-corrected chi connectivity index (χ4v) is 2.67. The van der Waals surface area contributed by atoms with Gasteiger partial charge in [0.2, 0.25) is 0 Å². The number of hydrogen-bond donors (Lipinski definition) is 1. The van der Waals surface area contributed by atoms with Gasteiger partial charge in [-0.05, 0) is 48.0 Å². The third-order valence-corrected chi connectivity index (χ3v) is 3.84. The third kappa shape index (κ3) is 4.56. The van der Waals surface area contributed by atoms with Crippen LogP contribution in [0.2, 0.25) is 10.0 Å². The number of rotatable bonds is 5. The van der Waals surface area contributed by atoms with Gasteiger partial charge in [0.1, 0.15) is 23.9 Å². The van der Waals surface area contributed by atoms with Crippen LogP contribution in [0.4, 0.5) is 4.39 Å². The summed E-state index contributed by atoms with van der Waals surface area (Å²) in [5.41, 5.74) is 0.858. The highest BCUT2D eigenvalue weighted by atomic mass is 35.5. The number of ether oxygens (including phenoxy) is 2. The minimum absolute atomic E-state index is 0.117. The Balaban J connectivity index is 1.64. The van der Waals surface area contributed by atoms with Crippen molar-refractivity contribution < 1.29 is 19.0 Å². The van der Waals surface area contributed by atoms with Crippen molar-refractivity contribution in [1.29, 1.82) is 0 Å². The monoisotopic (exact) mass is 378 g/mol. The molecule has 0 bridgehead atoms. The van der Waals surface area contributed by atoms with E-state index < -0.39 is 0 Å². The van der Waals surface area contributed by atoms with Gasteiger partial charge in [-0.2, -0.15) is 0 Å². The second-order valence-corrected chi connectivity index (χ2v) is 6.07. The van der Waals surface area contributed by atoms with E-state index in [0.29, 0.717) is 16.5 Å². The van der Waals surface area contributed by atoms with E-state index >= 15 is 0 Å². The average Bonchev–Trinajstić information content (AvgIpc) is 2.57. The molecule has 3 aromatic rings. The van der Waals surface area contributed by atoms with Crippen molar-refractivity contribution in [3.8, 4) is 23.0 Å². The topological polar surface area (TPSA) is 38.7 Å². The Morgan fingerprint density at radius 2 is 1.48 bits per heavy atom. The van der Waals surface area contributed by atoms with Crippen molar-refractivity contribution >= 4 is 23.2 Å². The maximum atomic E-state index is 12.9. The van der Waals surface area contributed by atoms with E-state index in [4.69, 9.17) is 32.7 Å². The smallest absolute Gasteiger partial charge is 0.180 e. The molecule has 0 saturated heterocycles. The molecule has 0 aliphatic heterocycles. The molecule has 0 radical (unpaired) electrons. The van der Waals surface area contributed by atoms with Gasteiger partial charge in [0.25, 0.3) is 0 Å². The van der Waals surface area contributed by atoms with E-state index in [-0.39, 0.29) is 28.9 Å². The molecule has 128 valence electrons. The van der Waals surface area contributed by atoms with Crippen molar-refractivity contribution in [1.82, 2.24) is 0 Å². The second kappa shape index (κ2) is 7.64. The molecular weight excluding hydrogens is 366 g/mol. The zero-order chi connectivity index (χ0) is 17.8. The highest BCUT2D eigenvalue weighted by Crippen LogP contribution is 2.37. The van der Waals surface area contributed by atoms with Gasteiger partial charge >= 0.3 is 0 Å². The van der Waals surface area contributed by atoms with Crippen LogP contribution in [0.5, 0.6) is 23.0 Å². The third-order valence-electron chi connectivity index (χ3n) is 3.34. The van der Waals surface area contributed by atoms with Gasteiger partial charge in [0.15, 0.2) is 11.5 Å². The number of phenolic OH excluding ortho intramolecular Hbond substituents is 1. The van der Waals surface area contributed by atoms with E-state index in [1.165, 1.54) is 24.3 Å². The molecule has 0 atom stereocenters. The number of phenols is 1. The van der Waals surface area contributed by atoms with E-state index in [1.807, 2.05) is 12.1 Å². The van der Waals surface area contributed by atoms with Crippen LogP contribution in [-0.2, 0) is 6.61 Å². The number of aromatic hydroxyl groups is 1. The first kappa shape index (κ1) is 17.4. The van der Waals surface area contributed by atoms with Crippen molar-refractivity contribution in [3.63, 3.8) is 0 Å². The van der Waals surface area contributed by atoms with Crippen LogP contribution in [0.3, 0.4) is 0 Å². The van der Waals surface area contributed by atoms with Crippen LogP contribution >= 0.6 is 23.2 Å². The number of halogens is 3. The van der Waals surface area contributed by atoms with E-state index in [1.54, 1.807) is 24.3 Å². The molecule has 3 aromatic carbocycles. The van der Waals surface area contributed by atoms with Gasteiger partial charge < -0.3 is 14.6 Å². The maximum Gasteiger partial charge on any atom is 0.180 e. The minimum Gasteiger partial charge on any atom is -0.504 e. The lowest BCUT2D eigenvalue weighted by Gasteiger charge is -2.11. The lowest BCUT2D eigenvalue weighted by molar-refractivity contribution is 0.289. The Hall–Kier alpha value is -2.43. The summed E-state index contributed by atoms with van der Waals surface area (Å²) in [5, 5.41) is 10.4. The maximum absolute atomic E-state index is 12.9.